The molecule has 34 heavy (non-hydrogen) atoms. The first kappa shape index (κ1) is 24.1. The number of nitrogen functional groups attached to an aromatic ring is 1. The van der Waals surface area contributed by atoms with Gasteiger partial charge in [0.05, 0.1) is 16.7 Å². The predicted octanol–water partition coefficient (Wildman–Crippen LogP) is 4.68. The minimum absolute atomic E-state index is 0.118. The van der Waals surface area contributed by atoms with E-state index in [1.165, 1.54) is 24.5 Å². The molecule has 1 aliphatic heterocycles. The topological polar surface area (TPSA) is 125 Å². The molecule has 11 heteroatoms. The number of rotatable bonds is 5. The van der Waals surface area contributed by atoms with Crippen molar-refractivity contribution in [1.29, 1.82) is 0 Å². The van der Waals surface area contributed by atoms with Crippen LogP contribution in [-0.2, 0) is 0 Å². The number of hydrogen-bond donors (Lipinski definition) is 4. The number of piperidine rings is 1. The van der Waals surface area contributed by atoms with Gasteiger partial charge in [-0.3, -0.25) is 0 Å². The van der Waals surface area contributed by atoms with Crippen LogP contribution in [0.3, 0.4) is 0 Å². The first-order valence-corrected chi connectivity index (χ1v) is 11.3. The van der Waals surface area contributed by atoms with Gasteiger partial charge in [0, 0.05) is 47.7 Å². The van der Waals surface area contributed by atoms with E-state index in [4.69, 9.17) is 33.7 Å². The number of halogens is 3. The maximum absolute atomic E-state index is 13.9. The van der Waals surface area contributed by atoms with Crippen molar-refractivity contribution < 1.29 is 24.4 Å². The lowest BCUT2D eigenvalue weighted by molar-refractivity contribution is 0.145. The highest BCUT2D eigenvalue weighted by Gasteiger charge is 2.25. The number of nitrogens with zero attached hydrogens (tertiary/aromatic N) is 3. The molecule has 1 fully saturated rings. The van der Waals surface area contributed by atoms with Crippen LogP contribution in [0.4, 0.5) is 16.0 Å². The highest BCUT2D eigenvalue weighted by atomic mass is 35.5. The van der Waals surface area contributed by atoms with E-state index in [0.29, 0.717) is 31.7 Å². The third kappa shape index (κ3) is 4.64. The first-order chi connectivity index (χ1) is 16.2. The summed E-state index contributed by atoms with van der Waals surface area (Å²) in [4.78, 5) is 10.4. The lowest BCUT2D eigenvalue weighted by Gasteiger charge is -2.30. The summed E-state index contributed by atoms with van der Waals surface area (Å²) < 4.78 is 19.8. The molecule has 0 saturated carbocycles. The van der Waals surface area contributed by atoms with Crippen molar-refractivity contribution in [1.82, 2.24) is 9.97 Å². The van der Waals surface area contributed by atoms with Crippen LogP contribution in [0.5, 0.6) is 17.2 Å². The number of hydrogen-bond acceptors (Lipinski definition) is 8. The Labute approximate surface area is 205 Å². The third-order valence-corrected chi connectivity index (χ3v) is 6.48. The summed E-state index contributed by atoms with van der Waals surface area (Å²) in [7, 11) is 0. The van der Waals surface area contributed by atoms with Crippen LogP contribution in [0.25, 0.3) is 11.1 Å². The Morgan fingerprint density at radius 2 is 1.82 bits per heavy atom. The Hall–Kier alpha value is -3.01. The summed E-state index contributed by atoms with van der Waals surface area (Å²) in [6, 6.07) is 3.97. The molecule has 8 nitrogen and oxygen atoms in total. The second-order valence-corrected chi connectivity index (χ2v) is 8.81. The van der Waals surface area contributed by atoms with Gasteiger partial charge in [-0.25, -0.2) is 14.4 Å². The fourth-order valence-electron chi connectivity index (χ4n) is 3.87. The van der Waals surface area contributed by atoms with E-state index in [1.54, 1.807) is 6.92 Å². The molecule has 3 heterocycles. The van der Waals surface area contributed by atoms with Gasteiger partial charge < -0.3 is 30.7 Å². The first-order valence-electron chi connectivity index (χ1n) is 10.6. The Kier molecular flexibility index (Phi) is 6.88. The molecule has 0 radical (unpaired) electrons. The SMILES string of the molecule is CC(Oc1c(N)ncc(-c2cnc(N3CCC(O)CC3)cc2O)c1O)c1c(Cl)ccc(F)c1Cl. The van der Waals surface area contributed by atoms with Crippen molar-refractivity contribution in [3.05, 3.63) is 52.0 Å². The maximum atomic E-state index is 13.9. The molecule has 0 bridgehead atoms. The fourth-order valence-corrected chi connectivity index (χ4v) is 4.55. The van der Waals surface area contributed by atoms with Crippen molar-refractivity contribution in [2.45, 2.75) is 32.0 Å². The smallest absolute Gasteiger partial charge is 0.204 e. The van der Waals surface area contributed by atoms with Gasteiger partial charge in [0.15, 0.2) is 11.6 Å². The van der Waals surface area contributed by atoms with Gasteiger partial charge in [-0.1, -0.05) is 23.2 Å². The van der Waals surface area contributed by atoms with Gasteiger partial charge in [0.2, 0.25) is 5.75 Å². The molecule has 1 unspecified atom stereocenters. The quantitative estimate of drug-likeness (QED) is 0.366. The minimum atomic E-state index is -0.885. The number of nitrogens with two attached hydrogens (primary N) is 1. The minimum Gasteiger partial charge on any atom is -0.507 e. The molecule has 0 aliphatic carbocycles. The summed E-state index contributed by atoms with van der Waals surface area (Å²) in [6.07, 6.45) is 2.72. The van der Waals surface area contributed by atoms with Crippen molar-refractivity contribution in [2.75, 3.05) is 23.7 Å². The van der Waals surface area contributed by atoms with E-state index in [1.807, 2.05) is 4.90 Å². The van der Waals surface area contributed by atoms with Crippen molar-refractivity contribution in [2.24, 2.45) is 0 Å². The molecule has 2 aromatic heterocycles. The average Bonchev–Trinajstić information content (AvgIpc) is 2.80. The lowest BCUT2D eigenvalue weighted by atomic mass is 10.1. The van der Waals surface area contributed by atoms with Crippen molar-refractivity contribution in [3.8, 4) is 28.4 Å². The average molecular weight is 509 g/mol. The van der Waals surface area contributed by atoms with Gasteiger partial charge >= 0.3 is 0 Å². The van der Waals surface area contributed by atoms with E-state index >= 15 is 0 Å². The van der Waals surface area contributed by atoms with E-state index in [-0.39, 0.29) is 55.9 Å². The molecule has 0 amide bonds. The number of anilines is 2. The van der Waals surface area contributed by atoms with E-state index in [0.717, 1.165) is 6.07 Å². The van der Waals surface area contributed by atoms with Crippen LogP contribution in [-0.4, -0.2) is 44.5 Å². The Morgan fingerprint density at radius 3 is 2.50 bits per heavy atom. The van der Waals surface area contributed by atoms with Gasteiger partial charge in [-0.05, 0) is 31.9 Å². The molecule has 4 rings (SSSR count). The molecular weight excluding hydrogens is 486 g/mol. The summed E-state index contributed by atoms with van der Waals surface area (Å²) in [5.74, 6) is -0.916. The number of benzene rings is 1. The van der Waals surface area contributed by atoms with Gasteiger partial charge in [-0.2, -0.15) is 0 Å². The summed E-state index contributed by atoms with van der Waals surface area (Å²) in [5, 5.41) is 31.3. The molecule has 180 valence electrons. The number of ether oxygens (including phenoxy) is 1. The van der Waals surface area contributed by atoms with Crippen molar-refractivity contribution >= 4 is 34.8 Å². The molecule has 5 N–H and O–H groups in total. The Balaban J connectivity index is 1.65. The lowest BCUT2D eigenvalue weighted by Crippen LogP contribution is -2.36. The van der Waals surface area contributed by atoms with Crippen LogP contribution >= 0.6 is 23.2 Å². The van der Waals surface area contributed by atoms with E-state index < -0.39 is 11.9 Å². The maximum Gasteiger partial charge on any atom is 0.204 e. The van der Waals surface area contributed by atoms with E-state index in [2.05, 4.69) is 9.97 Å². The number of aliphatic hydroxyl groups excluding tert-OH is 1. The number of pyridine rings is 2. The molecule has 1 aliphatic rings. The van der Waals surface area contributed by atoms with Crippen LogP contribution in [0.2, 0.25) is 10.0 Å². The van der Waals surface area contributed by atoms with Crippen LogP contribution in [0, 0.1) is 5.82 Å². The van der Waals surface area contributed by atoms with E-state index in [9.17, 15) is 19.7 Å². The van der Waals surface area contributed by atoms with Gasteiger partial charge in [0.1, 0.15) is 23.5 Å². The largest absolute Gasteiger partial charge is 0.507 e. The summed E-state index contributed by atoms with van der Waals surface area (Å²) in [5.41, 5.74) is 6.47. The van der Waals surface area contributed by atoms with Crippen LogP contribution < -0.4 is 15.4 Å². The fraction of sp³-hybridized carbons (Fsp3) is 0.304. The van der Waals surface area contributed by atoms with Gasteiger partial charge in [-0.15, -0.1) is 0 Å². The zero-order valence-corrected chi connectivity index (χ0v) is 19.7. The number of aliphatic hydroxyl groups is 1. The standard InChI is InChI=1S/C23H23Cl2FN4O4/c1-11(19-15(24)2-3-16(26)20(19)25)34-22-21(33)14(10-29-23(22)27)13-9-28-18(8-17(13)32)30-6-4-12(31)5-7-30/h2-3,8-12,31H,4-7H2,1H3,(H,28,32)(H3,27,29,33). The van der Waals surface area contributed by atoms with Crippen LogP contribution in [0.1, 0.15) is 31.4 Å². The Bertz CT molecular complexity index is 1220. The second-order valence-electron chi connectivity index (χ2n) is 8.03. The molecule has 1 saturated heterocycles. The molecule has 1 aromatic carbocycles. The summed E-state index contributed by atoms with van der Waals surface area (Å²) >= 11 is 12.2. The highest BCUT2D eigenvalue weighted by molar-refractivity contribution is 6.36. The predicted molar refractivity (Wildman–Crippen MR) is 128 cm³/mol. The zero-order chi connectivity index (χ0) is 24.6. The molecule has 3 aromatic rings. The zero-order valence-electron chi connectivity index (χ0n) is 18.2. The normalized spacial score (nSPS) is 15.4. The van der Waals surface area contributed by atoms with Crippen molar-refractivity contribution in [3.63, 3.8) is 0 Å². The molecular formula is C23H23Cl2FN4O4. The summed E-state index contributed by atoms with van der Waals surface area (Å²) in [6.45, 7) is 2.80. The third-order valence-electron chi connectivity index (χ3n) is 5.76. The second kappa shape index (κ2) is 9.69. The number of aromatic nitrogens is 2. The molecule has 1 atom stereocenters. The van der Waals surface area contributed by atoms with Crippen LogP contribution in [0.15, 0.2) is 30.6 Å². The highest BCUT2D eigenvalue weighted by Crippen LogP contribution is 2.45. The Morgan fingerprint density at radius 1 is 1.15 bits per heavy atom. The monoisotopic (exact) mass is 508 g/mol. The van der Waals surface area contributed by atoms with Gasteiger partial charge in [0.25, 0.3) is 0 Å². The molecule has 0 spiro atoms. The number of aromatic hydroxyl groups is 2.